The van der Waals surface area contributed by atoms with Crippen LogP contribution in [0, 0.1) is 0 Å². The van der Waals surface area contributed by atoms with Crippen molar-refractivity contribution in [1.82, 2.24) is 5.32 Å². The van der Waals surface area contributed by atoms with Crippen molar-refractivity contribution in [1.29, 1.82) is 0 Å². The van der Waals surface area contributed by atoms with E-state index in [1.165, 1.54) is 0 Å². The Balaban J connectivity index is 2.32. The number of hydrogen-bond acceptors (Lipinski definition) is 4. The van der Waals surface area contributed by atoms with Gasteiger partial charge in [0.25, 0.3) is 0 Å². The maximum absolute atomic E-state index is 11.1. The van der Waals surface area contributed by atoms with E-state index in [1.54, 1.807) is 6.92 Å². The van der Waals surface area contributed by atoms with E-state index in [0.29, 0.717) is 12.8 Å². The van der Waals surface area contributed by atoms with Crippen LogP contribution in [0.5, 0.6) is 0 Å². The van der Waals surface area contributed by atoms with Crippen LogP contribution in [-0.4, -0.2) is 43.1 Å². The molecule has 0 spiro atoms. The third kappa shape index (κ3) is 4.61. The maximum Gasteiger partial charge on any atom is 0.304 e. The molecule has 1 fully saturated rings. The van der Waals surface area contributed by atoms with Crippen molar-refractivity contribution in [2.75, 3.05) is 11.5 Å². The highest BCUT2D eigenvalue weighted by molar-refractivity contribution is 7.91. The number of aliphatic carboxylic acids is 1. The summed E-state index contributed by atoms with van der Waals surface area (Å²) in [6, 6.07) is 0.0381. The molecule has 1 saturated heterocycles. The average molecular weight is 235 g/mol. The molecular formula is C9H17NO4S. The summed E-state index contributed by atoms with van der Waals surface area (Å²) in [5.74, 6) is -0.409. The molecule has 0 aliphatic carbocycles. The van der Waals surface area contributed by atoms with Crippen LogP contribution in [0.1, 0.15) is 26.2 Å². The van der Waals surface area contributed by atoms with Gasteiger partial charge in [-0.2, -0.15) is 0 Å². The lowest BCUT2D eigenvalue weighted by Gasteiger charge is -2.25. The van der Waals surface area contributed by atoms with Gasteiger partial charge in [-0.15, -0.1) is 0 Å². The van der Waals surface area contributed by atoms with E-state index < -0.39 is 15.8 Å². The van der Waals surface area contributed by atoms with Gasteiger partial charge in [0.1, 0.15) is 9.84 Å². The summed E-state index contributed by atoms with van der Waals surface area (Å²) in [7, 11) is -2.83. The van der Waals surface area contributed by atoms with Gasteiger partial charge in [0.15, 0.2) is 0 Å². The van der Waals surface area contributed by atoms with Crippen molar-refractivity contribution < 1.29 is 18.3 Å². The molecule has 5 nitrogen and oxygen atoms in total. The van der Waals surface area contributed by atoms with E-state index in [1.807, 2.05) is 0 Å². The third-order valence-electron chi connectivity index (χ3n) is 2.56. The van der Waals surface area contributed by atoms with Crippen molar-refractivity contribution in [3.05, 3.63) is 0 Å². The number of sulfone groups is 1. The van der Waals surface area contributed by atoms with E-state index in [-0.39, 0.29) is 30.0 Å². The lowest BCUT2D eigenvalue weighted by molar-refractivity contribution is -0.137. The standard InChI is InChI=1S/C9H17NO4S/c1-7(6-9(11)12)10-8-2-4-15(13,14)5-3-8/h7-8,10H,2-6H2,1H3,(H,11,12). The molecule has 1 atom stereocenters. The number of rotatable bonds is 4. The lowest BCUT2D eigenvalue weighted by Crippen LogP contribution is -2.42. The summed E-state index contributed by atoms with van der Waals surface area (Å²) in [4.78, 5) is 10.4. The zero-order valence-electron chi connectivity index (χ0n) is 8.77. The van der Waals surface area contributed by atoms with Crippen LogP contribution in [0.25, 0.3) is 0 Å². The van der Waals surface area contributed by atoms with Gasteiger partial charge in [0, 0.05) is 12.1 Å². The van der Waals surface area contributed by atoms with Crippen LogP contribution in [0.15, 0.2) is 0 Å². The van der Waals surface area contributed by atoms with Crippen molar-refractivity contribution in [2.24, 2.45) is 0 Å². The van der Waals surface area contributed by atoms with Crippen molar-refractivity contribution in [2.45, 2.75) is 38.3 Å². The van der Waals surface area contributed by atoms with Gasteiger partial charge >= 0.3 is 5.97 Å². The molecular weight excluding hydrogens is 218 g/mol. The van der Waals surface area contributed by atoms with Crippen LogP contribution in [0.3, 0.4) is 0 Å². The highest BCUT2D eigenvalue weighted by Crippen LogP contribution is 2.13. The van der Waals surface area contributed by atoms with Crippen molar-refractivity contribution in [3.63, 3.8) is 0 Å². The third-order valence-corrected chi connectivity index (χ3v) is 4.27. The second kappa shape index (κ2) is 4.94. The minimum atomic E-state index is -2.83. The highest BCUT2D eigenvalue weighted by Gasteiger charge is 2.24. The van der Waals surface area contributed by atoms with Gasteiger partial charge in [-0.05, 0) is 19.8 Å². The van der Waals surface area contributed by atoms with Gasteiger partial charge in [-0.3, -0.25) is 4.79 Å². The summed E-state index contributed by atoms with van der Waals surface area (Å²) >= 11 is 0. The molecule has 0 radical (unpaired) electrons. The molecule has 0 amide bonds. The monoisotopic (exact) mass is 235 g/mol. The van der Waals surface area contributed by atoms with Crippen LogP contribution < -0.4 is 5.32 Å². The van der Waals surface area contributed by atoms with E-state index in [4.69, 9.17) is 5.11 Å². The molecule has 1 unspecified atom stereocenters. The Bertz CT molecular complexity index is 311. The molecule has 1 aliphatic heterocycles. The SMILES string of the molecule is CC(CC(=O)O)NC1CCS(=O)(=O)CC1. The topological polar surface area (TPSA) is 83.5 Å². The highest BCUT2D eigenvalue weighted by atomic mass is 32.2. The summed E-state index contributed by atoms with van der Waals surface area (Å²) in [5, 5.41) is 11.7. The molecule has 0 bridgehead atoms. The van der Waals surface area contributed by atoms with Crippen LogP contribution in [0.4, 0.5) is 0 Å². The Morgan fingerprint density at radius 2 is 2.00 bits per heavy atom. The maximum atomic E-state index is 11.1. The van der Waals surface area contributed by atoms with E-state index in [0.717, 1.165) is 0 Å². The predicted octanol–water partition coefficient (Wildman–Crippen LogP) is 0.0164. The number of carbonyl (C=O) groups is 1. The molecule has 2 N–H and O–H groups in total. The quantitative estimate of drug-likeness (QED) is 0.717. The summed E-state index contributed by atoms with van der Waals surface area (Å²) in [6.45, 7) is 1.80. The number of carboxylic acid groups (broad SMARTS) is 1. The van der Waals surface area contributed by atoms with Crippen molar-refractivity contribution >= 4 is 15.8 Å². The summed E-state index contributed by atoms with van der Waals surface area (Å²) < 4.78 is 22.3. The Hall–Kier alpha value is -0.620. The molecule has 1 heterocycles. The lowest BCUT2D eigenvalue weighted by atomic mass is 10.1. The molecule has 88 valence electrons. The Morgan fingerprint density at radius 1 is 1.47 bits per heavy atom. The van der Waals surface area contributed by atoms with Gasteiger partial charge in [0.05, 0.1) is 17.9 Å². The normalized spacial score (nSPS) is 23.5. The van der Waals surface area contributed by atoms with Gasteiger partial charge in [0.2, 0.25) is 0 Å². The van der Waals surface area contributed by atoms with Gasteiger partial charge < -0.3 is 10.4 Å². The summed E-state index contributed by atoms with van der Waals surface area (Å²) in [6.07, 6.45) is 1.25. The van der Waals surface area contributed by atoms with E-state index in [2.05, 4.69) is 5.32 Å². The first-order valence-electron chi connectivity index (χ1n) is 5.07. The minimum Gasteiger partial charge on any atom is -0.481 e. The van der Waals surface area contributed by atoms with Crippen LogP contribution in [-0.2, 0) is 14.6 Å². The second-order valence-corrected chi connectivity index (χ2v) is 6.40. The average Bonchev–Trinajstić information content (AvgIpc) is 2.07. The molecule has 1 rings (SSSR count). The molecule has 0 aromatic heterocycles. The molecule has 6 heteroatoms. The van der Waals surface area contributed by atoms with Crippen LogP contribution in [0.2, 0.25) is 0 Å². The van der Waals surface area contributed by atoms with E-state index >= 15 is 0 Å². The fourth-order valence-corrected chi connectivity index (χ4v) is 3.27. The summed E-state index contributed by atoms with van der Waals surface area (Å²) in [5.41, 5.74) is 0. The van der Waals surface area contributed by atoms with Gasteiger partial charge in [-0.1, -0.05) is 0 Å². The zero-order valence-corrected chi connectivity index (χ0v) is 9.59. The smallest absolute Gasteiger partial charge is 0.304 e. The van der Waals surface area contributed by atoms with Crippen molar-refractivity contribution in [3.8, 4) is 0 Å². The molecule has 0 aromatic carbocycles. The van der Waals surface area contributed by atoms with Crippen LogP contribution >= 0.6 is 0 Å². The first-order valence-corrected chi connectivity index (χ1v) is 6.89. The Kier molecular flexibility index (Phi) is 4.10. The number of nitrogens with one attached hydrogen (secondary N) is 1. The Morgan fingerprint density at radius 3 is 2.47 bits per heavy atom. The zero-order chi connectivity index (χ0) is 11.5. The van der Waals surface area contributed by atoms with E-state index in [9.17, 15) is 13.2 Å². The first-order chi connectivity index (χ1) is 6.89. The largest absolute Gasteiger partial charge is 0.481 e. The fourth-order valence-electron chi connectivity index (χ4n) is 1.78. The minimum absolute atomic E-state index is 0.0727. The Labute approximate surface area is 89.8 Å². The van der Waals surface area contributed by atoms with Gasteiger partial charge in [-0.25, -0.2) is 8.42 Å². The second-order valence-electron chi connectivity index (χ2n) is 4.09. The number of hydrogen-bond donors (Lipinski definition) is 2. The molecule has 15 heavy (non-hydrogen) atoms. The number of carboxylic acids is 1. The fraction of sp³-hybridized carbons (Fsp3) is 0.889. The molecule has 0 aromatic rings. The molecule has 1 aliphatic rings. The first kappa shape index (κ1) is 12.4. The molecule has 0 saturated carbocycles. The predicted molar refractivity (Wildman–Crippen MR) is 56.5 cm³/mol.